The fraction of sp³-hybridized carbons (Fsp3) is 0.500. The van der Waals surface area contributed by atoms with Crippen molar-refractivity contribution in [1.29, 1.82) is 0 Å². The summed E-state index contributed by atoms with van der Waals surface area (Å²) in [5.41, 5.74) is 9.71. The number of halogens is 2. The molecule has 16 heavy (non-hydrogen) atoms. The van der Waals surface area contributed by atoms with Crippen LogP contribution in [0.5, 0.6) is 0 Å². The van der Waals surface area contributed by atoms with Crippen molar-refractivity contribution in [2.75, 3.05) is 12.3 Å². The van der Waals surface area contributed by atoms with Gasteiger partial charge in [0, 0.05) is 11.7 Å². The van der Waals surface area contributed by atoms with Crippen molar-refractivity contribution in [3.63, 3.8) is 0 Å². The monoisotopic (exact) mass is 260 g/mol. The first-order chi connectivity index (χ1) is 6.84. The molecule has 0 spiro atoms. The molecule has 0 bridgehead atoms. The highest BCUT2D eigenvalue weighted by Crippen LogP contribution is 2.38. The van der Waals surface area contributed by atoms with E-state index in [2.05, 4.69) is 17.4 Å². The molecule has 1 heterocycles. The Morgan fingerprint density at radius 2 is 2.06 bits per heavy atom. The molecule has 1 aliphatic carbocycles. The van der Waals surface area contributed by atoms with Gasteiger partial charge in [-0.15, -0.1) is 24.8 Å². The molecule has 2 atom stereocenters. The highest BCUT2D eigenvalue weighted by atomic mass is 35.5. The molecule has 3 N–H and O–H groups in total. The van der Waals surface area contributed by atoms with Crippen molar-refractivity contribution in [2.24, 2.45) is 0 Å². The summed E-state index contributed by atoms with van der Waals surface area (Å²) in [6.45, 7) is 1.19. The normalized spacial score (nSPS) is 26.0. The standard InChI is InChI=1S/C12H16N2.2ClH/c13-9-3-4-10-8(6-9)7-12-11(10)2-1-5-14-12;;/h3-4,6,11-12,14H,1-2,5,7,13H2;2*1H/t11-,12+;;/m1../s1. The van der Waals surface area contributed by atoms with Gasteiger partial charge in [0.1, 0.15) is 0 Å². The number of rotatable bonds is 0. The van der Waals surface area contributed by atoms with Gasteiger partial charge >= 0.3 is 0 Å². The van der Waals surface area contributed by atoms with Gasteiger partial charge in [-0.1, -0.05) is 6.07 Å². The fourth-order valence-corrected chi connectivity index (χ4v) is 2.94. The first kappa shape index (κ1) is 13.6. The highest BCUT2D eigenvalue weighted by molar-refractivity contribution is 5.85. The summed E-state index contributed by atoms with van der Waals surface area (Å²) < 4.78 is 0. The van der Waals surface area contributed by atoms with Crippen molar-refractivity contribution in [2.45, 2.75) is 31.2 Å². The molecule has 0 unspecified atom stereocenters. The summed E-state index contributed by atoms with van der Waals surface area (Å²) in [6, 6.07) is 7.09. The molecule has 3 rings (SSSR count). The van der Waals surface area contributed by atoms with E-state index in [-0.39, 0.29) is 24.8 Å². The molecular weight excluding hydrogens is 243 g/mol. The summed E-state index contributed by atoms with van der Waals surface area (Å²) >= 11 is 0. The maximum absolute atomic E-state index is 5.80. The Balaban J connectivity index is 0.000000640. The van der Waals surface area contributed by atoms with Gasteiger partial charge in [0.25, 0.3) is 0 Å². The molecule has 0 amide bonds. The Kier molecular flexibility index (Phi) is 4.48. The fourth-order valence-electron chi connectivity index (χ4n) is 2.94. The lowest BCUT2D eigenvalue weighted by atomic mass is 9.90. The van der Waals surface area contributed by atoms with Crippen molar-refractivity contribution in [3.05, 3.63) is 29.3 Å². The number of hydrogen-bond acceptors (Lipinski definition) is 2. The third-order valence-electron chi connectivity index (χ3n) is 3.59. The van der Waals surface area contributed by atoms with E-state index in [1.165, 1.54) is 36.9 Å². The van der Waals surface area contributed by atoms with E-state index in [1.807, 2.05) is 6.07 Å². The maximum atomic E-state index is 5.80. The van der Waals surface area contributed by atoms with Crippen LogP contribution in [0, 0.1) is 0 Å². The number of benzene rings is 1. The number of anilines is 1. The lowest BCUT2D eigenvalue weighted by Crippen LogP contribution is -2.37. The summed E-state index contributed by atoms with van der Waals surface area (Å²) in [5.74, 6) is 0.749. The third kappa shape index (κ3) is 2.15. The summed E-state index contributed by atoms with van der Waals surface area (Å²) in [5, 5.41) is 3.61. The Bertz CT molecular complexity index is 368. The van der Waals surface area contributed by atoms with Crippen molar-refractivity contribution in [1.82, 2.24) is 5.32 Å². The van der Waals surface area contributed by atoms with Crippen molar-refractivity contribution >= 4 is 30.5 Å². The summed E-state index contributed by atoms with van der Waals surface area (Å²) in [7, 11) is 0. The van der Waals surface area contributed by atoms with Gasteiger partial charge in [-0.3, -0.25) is 0 Å². The second-order valence-electron chi connectivity index (χ2n) is 4.47. The molecule has 4 heteroatoms. The average molecular weight is 261 g/mol. The Labute approximate surface area is 109 Å². The zero-order valence-corrected chi connectivity index (χ0v) is 10.7. The number of nitrogen functional groups attached to an aromatic ring is 1. The van der Waals surface area contributed by atoms with E-state index in [1.54, 1.807) is 0 Å². The highest BCUT2D eigenvalue weighted by Gasteiger charge is 2.33. The largest absolute Gasteiger partial charge is 0.399 e. The van der Waals surface area contributed by atoms with Crippen LogP contribution in [-0.2, 0) is 6.42 Å². The van der Waals surface area contributed by atoms with Gasteiger partial charge in [-0.05, 0) is 55.0 Å². The van der Waals surface area contributed by atoms with Gasteiger partial charge in [0.15, 0.2) is 0 Å². The molecule has 0 aromatic heterocycles. The Morgan fingerprint density at radius 3 is 2.88 bits per heavy atom. The predicted molar refractivity (Wildman–Crippen MR) is 72.8 cm³/mol. The molecule has 1 aliphatic heterocycles. The quantitative estimate of drug-likeness (QED) is 0.704. The van der Waals surface area contributed by atoms with Crippen LogP contribution in [0.4, 0.5) is 5.69 Å². The topological polar surface area (TPSA) is 38.0 Å². The Morgan fingerprint density at radius 1 is 1.25 bits per heavy atom. The van der Waals surface area contributed by atoms with E-state index in [0.29, 0.717) is 6.04 Å². The number of nitrogens with two attached hydrogens (primary N) is 1. The molecule has 0 radical (unpaired) electrons. The van der Waals surface area contributed by atoms with Gasteiger partial charge in [0.05, 0.1) is 0 Å². The van der Waals surface area contributed by atoms with Gasteiger partial charge in [-0.25, -0.2) is 0 Å². The van der Waals surface area contributed by atoms with E-state index in [0.717, 1.165) is 11.6 Å². The van der Waals surface area contributed by atoms with Crippen LogP contribution in [0.2, 0.25) is 0 Å². The minimum Gasteiger partial charge on any atom is -0.399 e. The van der Waals surface area contributed by atoms with Crippen LogP contribution < -0.4 is 11.1 Å². The van der Waals surface area contributed by atoms with Crippen LogP contribution in [0.25, 0.3) is 0 Å². The average Bonchev–Trinajstić information content (AvgIpc) is 2.54. The van der Waals surface area contributed by atoms with E-state index in [4.69, 9.17) is 5.73 Å². The lowest BCUT2D eigenvalue weighted by Gasteiger charge is -2.26. The van der Waals surface area contributed by atoms with Crippen LogP contribution >= 0.6 is 24.8 Å². The molecule has 2 nitrogen and oxygen atoms in total. The van der Waals surface area contributed by atoms with Crippen molar-refractivity contribution in [3.8, 4) is 0 Å². The van der Waals surface area contributed by atoms with Crippen LogP contribution in [-0.4, -0.2) is 12.6 Å². The number of piperidine rings is 1. The number of fused-ring (bicyclic) bond motifs is 3. The molecular formula is C12H18Cl2N2. The van der Waals surface area contributed by atoms with E-state index < -0.39 is 0 Å². The lowest BCUT2D eigenvalue weighted by molar-refractivity contribution is 0.372. The molecule has 1 aromatic rings. The van der Waals surface area contributed by atoms with Crippen molar-refractivity contribution < 1.29 is 0 Å². The Hall–Kier alpha value is -0.440. The molecule has 1 saturated heterocycles. The summed E-state index contributed by atoms with van der Waals surface area (Å²) in [4.78, 5) is 0. The van der Waals surface area contributed by atoms with Gasteiger partial charge < -0.3 is 11.1 Å². The predicted octanol–water partition coefficient (Wildman–Crippen LogP) is 2.50. The first-order valence-electron chi connectivity index (χ1n) is 5.46. The molecule has 0 saturated carbocycles. The zero-order chi connectivity index (χ0) is 9.54. The SMILES string of the molecule is Cl.Cl.Nc1ccc2c(c1)C[C@@H]1NCCC[C@H]21. The number of hydrogen-bond donors (Lipinski definition) is 2. The first-order valence-corrected chi connectivity index (χ1v) is 5.46. The molecule has 1 fully saturated rings. The molecule has 90 valence electrons. The zero-order valence-electron chi connectivity index (χ0n) is 9.11. The third-order valence-corrected chi connectivity index (χ3v) is 3.59. The van der Waals surface area contributed by atoms with Gasteiger partial charge in [-0.2, -0.15) is 0 Å². The second kappa shape index (κ2) is 5.26. The molecule has 2 aliphatic rings. The minimum atomic E-state index is 0. The second-order valence-corrected chi connectivity index (χ2v) is 4.47. The van der Waals surface area contributed by atoms with Crippen LogP contribution in [0.3, 0.4) is 0 Å². The molecule has 1 aromatic carbocycles. The van der Waals surface area contributed by atoms with E-state index >= 15 is 0 Å². The van der Waals surface area contributed by atoms with Crippen LogP contribution in [0.1, 0.15) is 29.9 Å². The summed E-state index contributed by atoms with van der Waals surface area (Å²) in [6.07, 6.45) is 3.82. The van der Waals surface area contributed by atoms with E-state index in [9.17, 15) is 0 Å². The smallest absolute Gasteiger partial charge is 0.0316 e. The maximum Gasteiger partial charge on any atom is 0.0316 e. The van der Waals surface area contributed by atoms with Gasteiger partial charge in [0.2, 0.25) is 0 Å². The number of nitrogens with one attached hydrogen (secondary N) is 1. The minimum absolute atomic E-state index is 0. The van der Waals surface area contributed by atoms with Crippen LogP contribution in [0.15, 0.2) is 18.2 Å².